The third-order valence-electron chi connectivity index (χ3n) is 2.44. The Hall–Kier alpha value is -1.97. The number of nitrogens with two attached hydrogens (primary N) is 1. The minimum atomic E-state index is 0.465. The largest absolute Gasteiger partial charge is 0.459 e. The predicted molar refractivity (Wildman–Crippen MR) is 69.8 cm³/mol. The van der Waals surface area contributed by atoms with Gasteiger partial charge >= 0.3 is 0 Å². The molecule has 1 aromatic carbocycles. The summed E-state index contributed by atoms with van der Waals surface area (Å²) in [5, 5.41) is 4.12. The summed E-state index contributed by atoms with van der Waals surface area (Å²) in [5.41, 5.74) is 6.59. The molecule has 1 aromatic heterocycles. The highest BCUT2D eigenvalue weighted by atomic mass is 16.3. The predicted octanol–water partition coefficient (Wildman–Crippen LogP) is 2.25. The topological polar surface area (TPSA) is 63.5 Å². The van der Waals surface area contributed by atoms with Crippen LogP contribution in [-0.4, -0.2) is 12.5 Å². The molecular weight excluding hydrogens is 214 g/mol. The standard InChI is InChI=1S/C13H17N3O/c1-2-7-15-13(14)16-9-11-8-10-5-3-4-6-12(10)17-11/h3-6,8H,2,7,9H2,1H3,(H3,14,15,16). The zero-order valence-electron chi connectivity index (χ0n) is 9.94. The fourth-order valence-electron chi connectivity index (χ4n) is 1.59. The van der Waals surface area contributed by atoms with Gasteiger partial charge in [0.1, 0.15) is 17.9 Å². The van der Waals surface area contributed by atoms with Crippen LogP contribution >= 0.6 is 0 Å². The van der Waals surface area contributed by atoms with Crippen molar-refractivity contribution in [3.63, 3.8) is 0 Å². The number of hydrogen-bond acceptors (Lipinski definition) is 2. The van der Waals surface area contributed by atoms with Crippen LogP contribution in [0.3, 0.4) is 0 Å². The second-order valence-electron chi connectivity index (χ2n) is 3.88. The van der Waals surface area contributed by atoms with Crippen molar-refractivity contribution < 1.29 is 4.42 Å². The number of furan rings is 1. The Morgan fingerprint density at radius 2 is 2.24 bits per heavy atom. The lowest BCUT2D eigenvalue weighted by Crippen LogP contribution is -2.32. The van der Waals surface area contributed by atoms with Gasteiger partial charge in [-0.2, -0.15) is 0 Å². The first-order valence-corrected chi connectivity index (χ1v) is 5.81. The number of guanidine groups is 1. The second-order valence-corrected chi connectivity index (χ2v) is 3.88. The summed E-state index contributed by atoms with van der Waals surface area (Å²) in [4.78, 5) is 4.22. The van der Waals surface area contributed by atoms with E-state index in [9.17, 15) is 0 Å². The van der Waals surface area contributed by atoms with Crippen molar-refractivity contribution >= 4 is 16.9 Å². The molecule has 0 saturated heterocycles. The average molecular weight is 231 g/mol. The van der Waals surface area contributed by atoms with Crippen molar-refractivity contribution in [1.29, 1.82) is 0 Å². The molecule has 17 heavy (non-hydrogen) atoms. The van der Waals surface area contributed by atoms with E-state index in [4.69, 9.17) is 10.2 Å². The van der Waals surface area contributed by atoms with Crippen LogP contribution in [-0.2, 0) is 6.54 Å². The van der Waals surface area contributed by atoms with Gasteiger partial charge in [-0.25, -0.2) is 4.99 Å². The second kappa shape index (κ2) is 5.39. The van der Waals surface area contributed by atoms with Crippen molar-refractivity contribution in [3.8, 4) is 0 Å². The number of nitrogens with zero attached hydrogens (tertiary/aromatic N) is 1. The maximum Gasteiger partial charge on any atom is 0.189 e. The van der Waals surface area contributed by atoms with E-state index in [0.717, 1.165) is 29.7 Å². The number of rotatable bonds is 4. The van der Waals surface area contributed by atoms with E-state index in [2.05, 4.69) is 17.2 Å². The summed E-state index contributed by atoms with van der Waals surface area (Å²) in [6.07, 6.45) is 1.03. The molecule has 3 N–H and O–H groups in total. The van der Waals surface area contributed by atoms with Gasteiger partial charge in [0.05, 0.1) is 0 Å². The van der Waals surface area contributed by atoms with Crippen molar-refractivity contribution in [3.05, 3.63) is 36.1 Å². The van der Waals surface area contributed by atoms with Crippen molar-refractivity contribution in [2.75, 3.05) is 6.54 Å². The summed E-state index contributed by atoms with van der Waals surface area (Å²) >= 11 is 0. The Kier molecular flexibility index (Phi) is 3.65. The molecule has 2 rings (SSSR count). The Morgan fingerprint density at radius 3 is 3.00 bits per heavy atom. The Morgan fingerprint density at radius 1 is 1.41 bits per heavy atom. The van der Waals surface area contributed by atoms with Crippen LogP contribution in [0.5, 0.6) is 0 Å². The van der Waals surface area contributed by atoms with Gasteiger partial charge in [-0.3, -0.25) is 0 Å². The monoisotopic (exact) mass is 231 g/mol. The minimum Gasteiger partial charge on any atom is -0.459 e. The molecule has 0 aliphatic rings. The fourth-order valence-corrected chi connectivity index (χ4v) is 1.59. The number of aliphatic imine (C=N–C) groups is 1. The maximum atomic E-state index is 5.70. The first kappa shape index (κ1) is 11.5. The number of para-hydroxylation sites is 1. The summed E-state index contributed by atoms with van der Waals surface area (Å²) in [5.74, 6) is 1.29. The lowest BCUT2D eigenvalue weighted by Gasteiger charge is -2.01. The third-order valence-corrected chi connectivity index (χ3v) is 2.44. The van der Waals surface area contributed by atoms with Crippen LogP contribution in [0.2, 0.25) is 0 Å². The molecule has 0 unspecified atom stereocenters. The van der Waals surface area contributed by atoms with E-state index in [0.29, 0.717) is 12.5 Å². The van der Waals surface area contributed by atoms with Gasteiger partial charge in [0.15, 0.2) is 5.96 Å². The van der Waals surface area contributed by atoms with Gasteiger partial charge in [0.25, 0.3) is 0 Å². The highest BCUT2D eigenvalue weighted by Gasteiger charge is 2.01. The highest BCUT2D eigenvalue weighted by molar-refractivity contribution is 5.79. The Bertz CT molecular complexity index is 483. The molecule has 90 valence electrons. The van der Waals surface area contributed by atoms with Crippen LogP contribution < -0.4 is 11.1 Å². The Balaban J connectivity index is 2.03. The van der Waals surface area contributed by atoms with Crippen LogP contribution in [0, 0.1) is 0 Å². The first-order chi connectivity index (χ1) is 8.29. The molecule has 0 amide bonds. The molecule has 4 nitrogen and oxygen atoms in total. The zero-order chi connectivity index (χ0) is 12.1. The van der Waals surface area contributed by atoms with Gasteiger partial charge in [-0.1, -0.05) is 25.1 Å². The summed E-state index contributed by atoms with van der Waals surface area (Å²) in [6, 6.07) is 9.90. The van der Waals surface area contributed by atoms with Crippen molar-refractivity contribution in [2.24, 2.45) is 10.7 Å². The lowest BCUT2D eigenvalue weighted by molar-refractivity contribution is 0.552. The van der Waals surface area contributed by atoms with Gasteiger partial charge in [0, 0.05) is 11.9 Å². The van der Waals surface area contributed by atoms with Crippen LogP contribution in [0.15, 0.2) is 39.7 Å². The highest BCUT2D eigenvalue weighted by Crippen LogP contribution is 2.19. The molecule has 0 aliphatic heterocycles. The van der Waals surface area contributed by atoms with Gasteiger partial charge in [0.2, 0.25) is 0 Å². The molecule has 0 aliphatic carbocycles. The smallest absolute Gasteiger partial charge is 0.189 e. The molecule has 0 spiro atoms. The summed E-state index contributed by atoms with van der Waals surface area (Å²) in [7, 11) is 0. The van der Waals surface area contributed by atoms with E-state index < -0.39 is 0 Å². The average Bonchev–Trinajstić information content (AvgIpc) is 2.76. The molecule has 2 aromatic rings. The van der Waals surface area contributed by atoms with Gasteiger partial charge in [-0.05, 0) is 18.6 Å². The zero-order valence-corrected chi connectivity index (χ0v) is 9.94. The molecule has 1 heterocycles. The van der Waals surface area contributed by atoms with Gasteiger partial charge in [-0.15, -0.1) is 0 Å². The SMILES string of the molecule is CCCNC(N)=NCc1cc2ccccc2o1. The number of nitrogens with one attached hydrogen (secondary N) is 1. The first-order valence-electron chi connectivity index (χ1n) is 5.81. The summed E-state index contributed by atoms with van der Waals surface area (Å²) in [6.45, 7) is 3.40. The van der Waals surface area contributed by atoms with Crippen molar-refractivity contribution in [1.82, 2.24) is 5.32 Å². The molecule has 4 heteroatoms. The van der Waals surface area contributed by atoms with E-state index in [1.165, 1.54) is 0 Å². The van der Waals surface area contributed by atoms with Crippen LogP contribution in [0.25, 0.3) is 11.0 Å². The van der Waals surface area contributed by atoms with Crippen LogP contribution in [0.1, 0.15) is 19.1 Å². The number of fused-ring (bicyclic) bond motifs is 1. The van der Waals surface area contributed by atoms with E-state index in [-0.39, 0.29) is 0 Å². The molecular formula is C13H17N3O. The summed E-state index contributed by atoms with van der Waals surface area (Å²) < 4.78 is 5.63. The molecule has 0 fully saturated rings. The van der Waals surface area contributed by atoms with E-state index in [1.807, 2.05) is 30.3 Å². The molecule has 0 radical (unpaired) electrons. The maximum absolute atomic E-state index is 5.70. The van der Waals surface area contributed by atoms with Crippen molar-refractivity contribution in [2.45, 2.75) is 19.9 Å². The van der Waals surface area contributed by atoms with E-state index in [1.54, 1.807) is 0 Å². The third kappa shape index (κ3) is 3.00. The molecule has 0 atom stereocenters. The Labute approximate surface area is 101 Å². The quantitative estimate of drug-likeness (QED) is 0.626. The number of benzene rings is 1. The normalized spacial score (nSPS) is 11.9. The van der Waals surface area contributed by atoms with Crippen LogP contribution in [0.4, 0.5) is 0 Å². The lowest BCUT2D eigenvalue weighted by atomic mass is 10.2. The fraction of sp³-hybridized carbons (Fsp3) is 0.308. The minimum absolute atomic E-state index is 0.465. The van der Waals surface area contributed by atoms with E-state index >= 15 is 0 Å². The van der Waals surface area contributed by atoms with Gasteiger partial charge < -0.3 is 15.5 Å². The molecule has 0 bridgehead atoms. The molecule has 0 saturated carbocycles. The number of hydrogen-bond donors (Lipinski definition) is 2.